The molecule has 2 rings (SSSR count). The molecule has 0 aliphatic carbocycles. The molecule has 0 radical (unpaired) electrons. The van der Waals surface area contributed by atoms with E-state index in [4.69, 9.17) is 27.7 Å². The average Bonchev–Trinajstić information content (AvgIpc) is 2.80. The number of hydrogen-bond acceptors (Lipinski definition) is 4. The highest BCUT2D eigenvalue weighted by Gasteiger charge is 2.11. The molecule has 0 aliphatic heterocycles. The summed E-state index contributed by atoms with van der Waals surface area (Å²) in [5.74, 6) is 1.25. The van der Waals surface area contributed by atoms with Crippen LogP contribution < -0.4 is 5.32 Å². The molecule has 1 heterocycles. The summed E-state index contributed by atoms with van der Waals surface area (Å²) in [4.78, 5) is 4.35. The van der Waals surface area contributed by atoms with E-state index >= 15 is 0 Å². The minimum Gasteiger partial charge on any atom is -0.339 e. The average molecular weight is 300 g/mol. The number of halogens is 2. The quantitative estimate of drug-likeness (QED) is 0.921. The summed E-state index contributed by atoms with van der Waals surface area (Å²) < 4.78 is 5.20. The van der Waals surface area contributed by atoms with Gasteiger partial charge in [-0.2, -0.15) is 4.98 Å². The molecule has 0 amide bonds. The minimum atomic E-state index is 0.299. The van der Waals surface area contributed by atoms with Crippen molar-refractivity contribution in [1.82, 2.24) is 15.5 Å². The monoisotopic (exact) mass is 299 g/mol. The van der Waals surface area contributed by atoms with Crippen molar-refractivity contribution in [1.29, 1.82) is 0 Å². The van der Waals surface area contributed by atoms with E-state index in [1.54, 1.807) is 12.1 Å². The van der Waals surface area contributed by atoms with Crippen molar-refractivity contribution in [2.75, 3.05) is 7.05 Å². The van der Waals surface area contributed by atoms with Crippen LogP contribution in [-0.2, 0) is 12.8 Å². The zero-order valence-electron chi connectivity index (χ0n) is 10.8. The number of nitrogens with zero attached hydrogens (tertiary/aromatic N) is 2. The molecular weight excluding hydrogens is 285 g/mol. The topological polar surface area (TPSA) is 51.0 Å². The lowest BCUT2D eigenvalue weighted by molar-refractivity contribution is 0.361. The van der Waals surface area contributed by atoms with Gasteiger partial charge in [0.15, 0.2) is 5.82 Å². The third kappa shape index (κ3) is 3.93. The van der Waals surface area contributed by atoms with Crippen LogP contribution in [0.3, 0.4) is 0 Å². The van der Waals surface area contributed by atoms with Gasteiger partial charge in [-0.25, -0.2) is 0 Å². The number of nitrogens with one attached hydrogen (secondary N) is 1. The Bertz CT molecular complexity index is 557. The van der Waals surface area contributed by atoms with Crippen molar-refractivity contribution in [2.45, 2.75) is 25.8 Å². The van der Waals surface area contributed by atoms with Crippen LogP contribution in [0.1, 0.15) is 24.2 Å². The van der Waals surface area contributed by atoms with Crippen molar-refractivity contribution in [3.8, 4) is 0 Å². The highest BCUT2D eigenvalue weighted by Crippen LogP contribution is 2.22. The first-order valence-electron chi connectivity index (χ1n) is 6.01. The van der Waals surface area contributed by atoms with Gasteiger partial charge in [0, 0.05) is 28.9 Å². The number of benzene rings is 1. The van der Waals surface area contributed by atoms with Gasteiger partial charge in [-0.15, -0.1) is 0 Å². The molecule has 1 unspecified atom stereocenters. The molecule has 2 aromatic rings. The van der Waals surface area contributed by atoms with E-state index in [9.17, 15) is 0 Å². The van der Waals surface area contributed by atoms with E-state index in [0.717, 1.165) is 5.56 Å². The Balaban J connectivity index is 2.07. The van der Waals surface area contributed by atoms with Crippen LogP contribution in [0, 0.1) is 0 Å². The number of hydrogen-bond donors (Lipinski definition) is 1. The molecular formula is C13H15Cl2N3O. The fraction of sp³-hybridized carbons (Fsp3) is 0.385. The Morgan fingerprint density at radius 2 is 2.16 bits per heavy atom. The first kappa shape index (κ1) is 14.3. The largest absolute Gasteiger partial charge is 0.339 e. The maximum atomic E-state index is 6.11. The Kier molecular flexibility index (Phi) is 4.80. The molecule has 1 N–H and O–H groups in total. The minimum absolute atomic E-state index is 0.299. The van der Waals surface area contributed by atoms with E-state index in [2.05, 4.69) is 22.4 Å². The Morgan fingerprint density at radius 1 is 1.37 bits per heavy atom. The zero-order valence-corrected chi connectivity index (χ0v) is 12.3. The van der Waals surface area contributed by atoms with Gasteiger partial charge in [0.2, 0.25) is 5.89 Å². The lowest BCUT2D eigenvalue weighted by Crippen LogP contribution is -2.23. The fourth-order valence-corrected chi connectivity index (χ4v) is 2.12. The number of rotatable bonds is 5. The summed E-state index contributed by atoms with van der Waals surface area (Å²) in [6.45, 7) is 2.06. The van der Waals surface area contributed by atoms with Crippen LogP contribution in [0.15, 0.2) is 22.7 Å². The number of aromatic nitrogens is 2. The molecule has 1 aromatic heterocycles. The van der Waals surface area contributed by atoms with Gasteiger partial charge in [0.1, 0.15) is 0 Å². The van der Waals surface area contributed by atoms with Gasteiger partial charge in [0.05, 0.1) is 0 Å². The Hall–Kier alpha value is -1.10. The smallest absolute Gasteiger partial charge is 0.228 e. The second-order valence-electron chi connectivity index (χ2n) is 4.41. The molecule has 0 bridgehead atoms. The normalized spacial score (nSPS) is 12.6. The van der Waals surface area contributed by atoms with Gasteiger partial charge in [-0.3, -0.25) is 0 Å². The van der Waals surface area contributed by atoms with Gasteiger partial charge in [-0.1, -0.05) is 34.4 Å². The molecule has 4 nitrogen and oxygen atoms in total. The lowest BCUT2D eigenvalue weighted by atomic mass is 10.1. The SMILES string of the molecule is CNC(C)Cc1nc(Cc2ccc(Cl)cc2Cl)no1. The predicted molar refractivity (Wildman–Crippen MR) is 75.8 cm³/mol. The molecule has 0 fully saturated rings. The van der Waals surface area contributed by atoms with E-state index in [1.165, 1.54) is 0 Å². The van der Waals surface area contributed by atoms with Crippen molar-refractivity contribution < 1.29 is 4.52 Å². The van der Waals surface area contributed by atoms with Gasteiger partial charge >= 0.3 is 0 Å². The molecule has 0 saturated heterocycles. The highest BCUT2D eigenvalue weighted by atomic mass is 35.5. The molecule has 19 heavy (non-hydrogen) atoms. The second-order valence-corrected chi connectivity index (χ2v) is 5.25. The summed E-state index contributed by atoms with van der Waals surface area (Å²) in [6, 6.07) is 5.68. The highest BCUT2D eigenvalue weighted by molar-refractivity contribution is 6.35. The molecule has 6 heteroatoms. The van der Waals surface area contributed by atoms with Crippen molar-refractivity contribution in [3.63, 3.8) is 0 Å². The Morgan fingerprint density at radius 3 is 2.84 bits per heavy atom. The summed E-state index contributed by atoms with van der Waals surface area (Å²) in [5.41, 5.74) is 0.931. The molecule has 1 atom stereocenters. The van der Waals surface area contributed by atoms with Gasteiger partial charge < -0.3 is 9.84 Å². The van der Waals surface area contributed by atoms with Crippen molar-refractivity contribution in [3.05, 3.63) is 45.5 Å². The Labute approximate surface area is 122 Å². The van der Waals surface area contributed by atoms with E-state index in [0.29, 0.717) is 40.6 Å². The van der Waals surface area contributed by atoms with E-state index in [1.807, 2.05) is 13.1 Å². The summed E-state index contributed by atoms with van der Waals surface area (Å²) >= 11 is 12.0. The molecule has 0 saturated carbocycles. The maximum absolute atomic E-state index is 6.11. The molecule has 102 valence electrons. The van der Waals surface area contributed by atoms with Gasteiger partial charge in [-0.05, 0) is 31.7 Å². The molecule has 1 aromatic carbocycles. The number of likely N-dealkylation sites (N-methyl/N-ethyl adjacent to an activating group) is 1. The van der Waals surface area contributed by atoms with Crippen LogP contribution in [0.25, 0.3) is 0 Å². The van der Waals surface area contributed by atoms with Crippen LogP contribution >= 0.6 is 23.2 Å². The first-order chi connectivity index (χ1) is 9.08. The summed E-state index contributed by atoms with van der Waals surface area (Å²) in [6.07, 6.45) is 1.24. The van der Waals surface area contributed by atoms with Crippen LogP contribution in [0.4, 0.5) is 0 Å². The van der Waals surface area contributed by atoms with Gasteiger partial charge in [0.25, 0.3) is 0 Å². The van der Waals surface area contributed by atoms with Crippen LogP contribution in [-0.4, -0.2) is 23.2 Å². The molecule has 0 spiro atoms. The zero-order chi connectivity index (χ0) is 13.8. The first-order valence-corrected chi connectivity index (χ1v) is 6.76. The predicted octanol–water partition coefficient (Wildman–Crippen LogP) is 3.12. The summed E-state index contributed by atoms with van der Waals surface area (Å²) in [5, 5.41) is 8.31. The third-order valence-electron chi connectivity index (χ3n) is 2.85. The summed E-state index contributed by atoms with van der Waals surface area (Å²) in [7, 11) is 1.90. The maximum Gasteiger partial charge on any atom is 0.228 e. The standard InChI is InChI=1S/C13H15Cl2N3O/c1-8(16-2)5-13-17-12(18-19-13)6-9-3-4-10(14)7-11(9)15/h3-4,7-8,16H,5-6H2,1-2H3. The second kappa shape index (κ2) is 6.37. The lowest BCUT2D eigenvalue weighted by Gasteiger charge is -2.04. The molecule has 0 aliphatic rings. The van der Waals surface area contributed by atoms with Crippen LogP contribution in [0.2, 0.25) is 10.0 Å². The van der Waals surface area contributed by atoms with Crippen LogP contribution in [0.5, 0.6) is 0 Å². The third-order valence-corrected chi connectivity index (χ3v) is 3.43. The van der Waals surface area contributed by atoms with E-state index in [-0.39, 0.29) is 0 Å². The van der Waals surface area contributed by atoms with E-state index < -0.39 is 0 Å². The van der Waals surface area contributed by atoms with Crippen molar-refractivity contribution >= 4 is 23.2 Å². The fourth-order valence-electron chi connectivity index (χ4n) is 1.64. The van der Waals surface area contributed by atoms with Crippen molar-refractivity contribution in [2.24, 2.45) is 0 Å².